The van der Waals surface area contributed by atoms with E-state index in [4.69, 9.17) is 10.6 Å². The van der Waals surface area contributed by atoms with Crippen LogP contribution in [-0.4, -0.2) is 12.5 Å². The molecule has 0 radical (unpaired) electrons. The Balaban J connectivity index is 2.35. The summed E-state index contributed by atoms with van der Waals surface area (Å²) in [4.78, 5) is 10.8. The summed E-state index contributed by atoms with van der Waals surface area (Å²) in [6.07, 6.45) is 1.05. The van der Waals surface area contributed by atoms with E-state index in [0.717, 1.165) is 11.3 Å². The van der Waals surface area contributed by atoms with Gasteiger partial charge in [-0.2, -0.15) is 0 Å². The maximum atomic E-state index is 10.8. The van der Waals surface area contributed by atoms with Gasteiger partial charge in [0.05, 0.1) is 6.61 Å². The first kappa shape index (κ1) is 12.5. The molecule has 0 aromatic heterocycles. The number of hydrazine groups is 1. The lowest BCUT2D eigenvalue weighted by molar-refractivity contribution is -0.121. The van der Waals surface area contributed by atoms with Crippen molar-refractivity contribution in [1.82, 2.24) is 5.43 Å². The zero-order valence-electron chi connectivity index (χ0n) is 9.75. The lowest BCUT2D eigenvalue weighted by Crippen LogP contribution is -2.29. The van der Waals surface area contributed by atoms with E-state index in [2.05, 4.69) is 11.5 Å². The van der Waals surface area contributed by atoms with Crippen molar-refractivity contribution in [3.05, 3.63) is 29.3 Å². The first-order valence-corrected chi connectivity index (χ1v) is 5.33. The molecule has 0 saturated heterocycles. The Morgan fingerprint density at radius 1 is 1.44 bits per heavy atom. The monoisotopic (exact) mass is 222 g/mol. The Kier molecular flexibility index (Phi) is 4.79. The Morgan fingerprint density at radius 2 is 2.19 bits per heavy atom. The van der Waals surface area contributed by atoms with Crippen LogP contribution in [0.3, 0.4) is 0 Å². The number of nitrogens with one attached hydrogen (secondary N) is 1. The highest BCUT2D eigenvalue weighted by Crippen LogP contribution is 2.18. The largest absolute Gasteiger partial charge is 0.493 e. The van der Waals surface area contributed by atoms with Gasteiger partial charge in [0.2, 0.25) is 5.91 Å². The topological polar surface area (TPSA) is 64.3 Å². The molecular weight excluding hydrogens is 204 g/mol. The van der Waals surface area contributed by atoms with Crippen molar-refractivity contribution in [3.63, 3.8) is 0 Å². The zero-order chi connectivity index (χ0) is 12.0. The fraction of sp³-hybridized carbons (Fsp3) is 0.417. The van der Waals surface area contributed by atoms with Crippen LogP contribution in [0.15, 0.2) is 18.2 Å². The molecule has 16 heavy (non-hydrogen) atoms. The summed E-state index contributed by atoms with van der Waals surface area (Å²) in [5, 5.41) is 0. The van der Waals surface area contributed by atoms with E-state index in [1.54, 1.807) is 0 Å². The third-order valence-electron chi connectivity index (χ3n) is 2.30. The molecule has 1 rings (SSSR count). The number of carbonyl (C=O) groups is 1. The van der Waals surface area contributed by atoms with Gasteiger partial charge in [-0.3, -0.25) is 10.2 Å². The number of rotatable bonds is 5. The zero-order valence-corrected chi connectivity index (χ0v) is 9.75. The van der Waals surface area contributed by atoms with Crippen molar-refractivity contribution >= 4 is 5.91 Å². The fourth-order valence-electron chi connectivity index (χ4n) is 1.45. The lowest BCUT2D eigenvalue weighted by Gasteiger charge is -2.09. The second-order valence-corrected chi connectivity index (χ2v) is 3.79. The van der Waals surface area contributed by atoms with Crippen LogP contribution in [0.25, 0.3) is 0 Å². The van der Waals surface area contributed by atoms with E-state index in [1.807, 2.05) is 26.0 Å². The normalized spacial score (nSPS) is 9.94. The van der Waals surface area contributed by atoms with Crippen LogP contribution >= 0.6 is 0 Å². The molecule has 0 spiro atoms. The molecule has 0 atom stereocenters. The average molecular weight is 222 g/mol. The van der Waals surface area contributed by atoms with Gasteiger partial charge in [0.1, 0.15) is 5.75 Å². The molecule has 0 unspecified atom stereocenters. The highest BCUT2D eigenvalue weighted by Gasteiger charge is 2.01. The second-order valence-electron chi connectivity index (χ2n) is 3.79. The van der Waals surface area contributed by atoms with Crippen LogP contribution in [-0.2, 0) is 4.79 Å². The fourth-order valence-corrected chi connectivity index (χ4v) is 1.45. The second kappa shape index (κ2) is 6.12. The van der Waals surface area contributed by atoms with Gasteiger partial charge in [-0.05, 0) is 31.9 Å². The Labute approximate surface area is 95.8 Å². The van der Waals surface area contributed by atoms with E-state index in [0.29, 0.717) is 19.4 Å². The number of hydrogen-bond donors (Lipinski definition) is 2. The van der Waals surface area contributed by atoms with Crippen molar-refractivity contribution in [2.24, 2.45) is 5.84 Å². The highest BCUT2D eigenvalue weighted by atomic mass is 16.5. The standard InChI is InChI=1S/C12H18N2O2/c1-9-5-6-11(10(2)8-9)16-7-3-4-12(15)14-13/h5-6,8H,3-4,7,13H2,1-2H3,(H,14,15). The molecule has 0 saturated carbocycles. The minimum Gasteiger partial charge on any atom is -0.493 e. The van der Waals surface area contributed by atoms with Gasteiger partial charge in [0.25, 0.3) is 0 Å². The van der Waals surface area contributed by atoms with Crippen molar-refractivity contribution in [2.75, 3.05) is 6.61 Å². The molecule has 0 heterocycles. The van der Waals surface area contributed by atoms with Gasteiger partial charge in [-0.15, -0.1) is 0 Å². The molecule has 0 aliphatic heterocycles. The van der Waals surface area contributed by atoms with Crippen molar-refractivity contribution in [2.45, 2.75) is 26.7 Å². The minimum atomic E-state index is -0.163. The van der Waals surface area contributed by atoms with E-state index >= 15 is 0 Å². The van der Waals surface area contributed by atoms with Crippen LogP contribution in [0.4, 0.5) is 0 Å². The van der Waals surface area contributed by atoms with E-state index in [-0.39, 0.29) is 5.91 Å². The van der Waals surface area contributed by atoms with Crippen LogP contribution in [0.1, 0.15) is 24.0 Å². The molecule has 0 bridgehead atoms. The van der Waals surface area contributed by atoms with Gasteiger partial charge >= 0.3 is 0 Å². The molecular formula is C12H18N2O2. The summed E-state index contributed by atoms with van der Waals surface area (Å²) in [6.45, 7) is 4.58. The van der Waals surface area contributed by atoms with Gasteiger partial charge < -0.3 is 4.74 Å². The third-order valence-corrected chi connectivity index (χ3v) is 2.30. The summed E-state index contributed by atoms with van der Waals surface area (Å²) in [5.74, 6) is 5.68. The van der Waals surface area contributed by atoms with Gasteiger partial charge in [-0.25, -0.2) is 5.84 Å². The number of hydrogen-bond acceptors (Lipinski definition) is 3. The van der Waals surface area contributed by atoms with Crippen LogP contribution < -0.4 is 16.0 Å². The van der Waals surface area contributed by atoms with Gasteiger partial charge in [-0.1, -0.05) is 17.7 Å². The lowest BCUT2D eigenvalue weighted by atomic mass is 10.1. The van der Waals surface area contributed by atoms with Gasteiger partial charge in [0, 0.05) is 6.42 Å². The Morgan fingerprint density at radius 3 is 2.81 bits per heavy atom. The van der Waals surface area contributed by atoms with Crippen LogP contribution in [0.2, 0.25) is 0 Å². The maximum Gasteiger partial charge on any atom is 0.234 e. The predicted molar refractivity (Wildman–Crippen MR) is 63.0 cm³/mol. The highest BCUT2D eigenvalue weighted by molar-refractivity contribution is 5.75. The van der Waals surface area contributed by atoms with E-state index < -0.39 is 0 Å². The number of benzene rings is 1. The first-order chi connectivity index (χ1) is 7.63. The third kappa shape index (κ3) is 3.90. The minimum absolute atomic E-state index is 0.163. The summed E-state index contributed by atoms with van der Waals surface area (Å²) in [5.41, 5.74) is 4.42. The molecule has 1 aromatic rings. The summed E-state index contributed by atoms with van der Waals surface area (Å²) >= 11 is 0. The summed E-state index contributed by atoms with van der Waals surface area (Å²) < 4.78 is 5.57. The number of nitrogens with two attached hydrogens (primary N) is 1. The molecule has 4 nitrogen and oxygen atoms in total. The van der Waals surface area contributed by atoms with Crippen LogP contribution in [0, 0.1) is 13.8 Å². The average Bonchev–Trinajstić information content (AvgIpc) is 2.26. The smallest absolute Gasteiger partial charge is 0.234 e. The molecule has 0 aliphatic rings. The number of aryl methyl sites for hydroxylation is 2. The quantitative estimate of drug-likeness (QED) is 0.343. The Hall–Kier alpha value is -1.55. The molecule has 4 heteroatoms. The van der Waals surface area contributed by atoms with E-state index in [9.17, 15) is 4.79 Å². The first-order valence-electron chi connectivity index (χ1n) is 5.33. The number of ether oxygens (including phenoxy) is 1. The summed E-state index contributed by atoms with van der Waals surface area (Å²) in [6, 6.07) is 6.03. The summed E-state index contributed by atoms with van der Waals surface area (Å²) in [7, 11) is 0. The van der Waals surface area contributed by atoms with Crippen LogP contribution in [0.5, 0.6) is 5.75 Å². The van der Waals surface area contributed by atoms with Crippen molar-refractivity contribution in [3.8, 4) is 5.75 Å². The van der Waals surface area contributed by atoms with Crippen molar-refractivity contribution < 1.29 is 9.53 Å². The molecule has 0 fully saturated rings. The molecule has 0 aliphatic carbocycles. The number of amides is 1. The SMILES string of the molecule is Cc1ccc(OCCCC(=O)NN)c(C)c1. The molecule has 3 N–H and O–H groups in total. The Bertz CT molecular complexity index is 364. The maximum absolute atomic E-state index is 10.8. The molecule has 88 valence electrons. The van der Waals surface area contributed by atoms with Crippen molar-refractivity contribution in [1.29, 1.82) is 0 Å². The molecule has 1 amide bonds. The molecule has 1 aromatic carbocycles. The van der Waals surface area contributed by atoms with E-state index in [1.165, 1.54) is 5.56 Å². The predicted octanol–water partition coefficient (Wildman–Crippen LogP) is 1.45. The van der Waals surface area contributed by atoms with Gasteiger partial charge in [0.15, 0.2) is 0 Å². The number of carbonyl (C=O) groups excluding carboxylic acids is 1.